The standard InChI is InChI=1S/C15H18IN5/c16-12-6-2-1-5-11(12)14-18-15(20-19-14)21-7-3-4-10-8-17-9-13(10)21/h1-2,5-6,10,13,17H,3-4,7-9H2,(H,18,19,20). The molecule has 0 amide bonds. The van der Waals surface area contributed by atoms with Gasteiger partial charge in [0.15, 0.2) is 5.82 Å². The number of piperidine rings is 1. The number of H-pyrrole nitrogens is 1. The molecular formula is C15H18IN5. The number of benzene rings is 1. The van der Waals surface area contributed by atoms with Gasteiger partial charge in [0.1, 0.15) is 0 Å². The number of hydrogen-bond acceptors (Lipinski definition) is 4. The molecule has 2 fully saturated rings. The molecule has 2 aliphatic rings. The average Bonchev–Trinajstić information content (AvgIpc) is 3.16. The normalized spacial score (nSPS) is 25.1. The molecule has 0 bridgehead atoms. The summed E-state index contributed by atoms with van der Waals surface area (Å²) in [6.45, 7) is 3.25. The Balaban J connectivity index is 1.64. The highest BCUT2D eigenvalue weighted by molar-refractivity contribution is 14.1. The second-order valence-corrected chi connectivity index (χ2v) is 6.95. The Hall–Kier alpha value is -1.15. The molecule has 0 spiro atoms. The van der Waals surface area contributed by atoms with Crippen LogP contribution in [0, 0.1) is 9.49 Å². The van der Waals surface area contributed by atoms with Crippen LogP contribution in [0.4, 0.5) is 5.95 Å². The second-order valence-electron chi connectivity index (χ2n) is 5.79. The van der Waals surface area contributed by atoms with Crippen molar-refractivity contribution in [2.24, 2.45) is 5.92 Å². The van der Waals surface area contributed by atoms with E-state index in [9.17, 15) is 0 Å². The van der Waals surface area contributed by atoms with E-state index in [1.165, 1.54) is 16.4 Å². The number of nitrogens with zero attached hydrogens (tertiary/aromatic N) is 3. The minimum absolute atomic E-state index is 0.553. The third-order valence-electron chi connectivity index (χ3n) is 4.54. The zero-order valence-electron chi connectivity index (χ0n) is 11.7. The fourth-order valence-corrected chi connectivity index (χ4v) is 4.11. The Morgan fingerprint density at radius 3 is 3.05 bits per heavy atom. The van der Waals surface area contributed by atoms with Gasteiger partial charge < -0.3 is 10.2 Å². The van der Waals surface area contributed by atoms with Crippen molar-refractivity contribution in [3.63, 3.8) is 0 Å². The van der Waals surface area contributed by atoms with Gasteiger partial charge in [-0.15, -0.1) is 5.10 Å². The summed E-state index contributed by atoms with van der Waals surface area (Å²) in [6.07, 6.45) is 2.55. The van der Waals surface area contributed by atoms with Crippen LogP contribution in [0.1, 0.15) is 12.8 Å². The number of rotatable bonds is 2. The van der Waals surface area contributed by atoms with Gasteiger partial charge >= 0.3 is 0 Å². The third kappa shape index (κ3) is 2.44. The molecule has 2 atom stereocenters. The van der Waals surface area contributed by atoms with Crippen LogP contribution in [-0.4, -0.2) is 40.9 Å². The Bertz CT molecular complexity index is 640. The second kappa shape index (κ2) is 5.57. The van der Waals surface area contributed by atoms with Crippen LogP contribution in [0.25, 0.3) is 11.4 Å². The van der Waals surface area contributed by atoms with E-state index in [1.807, 2.05) is 12.1 Å². The monoisotopic (exact) mass is 395 g/mol. The van der Waals surface area contributed by atoms with Crippen molar-refractivity contribution in [1.82, 2.24) is 20.5 Å². The van der Waals surface area contributed by atoms with Crippen LogP contribution in [0.3, 0.4) is 0 Å². The molecule has 2 aromatic rings. The predicted octanol–water partition coefficient (Wildman–Crippen LogP) is 2.26. The zero-order chi connectivity index (χ0) is 14.2. The van der Waals surface area contributed by atoms with Crippen LogP contribution >= 0.6 is 22.6 Å². The minimum Gasteiger partial charge on any atom is -0.335 e. The molecule has 2 aliphatic heterocycles. The Morgan fingerprint density at radius 1 is 1.24 bits per heavy atom. The number of nitrogens with one attached hydrogen (secondary N) is 2. The van der Waals surface area contributed by atoms with Gasteiger partial charge in [-0.25, -0.2) is 0 Å². The number of fused-ring (bicyclic) bond motifs is 1. The number of anilines is 1. The first kappa shape index (κ1) is 13.5. The van der Waals surface area contributed by atoms with Gasteiger partial charge in [-0.2, -0.15) is 4.98 Å². The fourth-order valence-electron chi connectivity index (χ4n) is 3.47. The van der Waals surface area contributed by atoms with Gasteiger partial charge in [0.2, 0.25) is 5.95 Å². The van der Waals surface area contributed by atoms with Gasteiger partial charge in [-0.1, -0.05) is 18.2 Å². The maximum atomic E-state index is 4.75. The van der Waals surface area contributed by atoms with Crippen molar-refractivity contribution in [1.29, 1.82) is 0 Å². The minimum atomic E-state index is 0.553. The number of aromatic nitrogens is 3. The SMILES string of the molecule is Ic1ccccc1-c1nc(N2CCCC3CNCC32)n[nH]1. The summed E-state index contributed by atoms with van der Waals surface area (Å²) >= 11 is 2.34. The average molecular weight is 395 g/mol. The topological polar surface area (TPSA) is 56.8 Å². The number of aromatic amines is 1. The lowest BCUT2D eigenvalue weighted by atomic mass is 9.92. The van der Waals surface area contributed by atoms with Crippen LogP contribution in [-0.2, 0) is 0 Å². The van der Waals surface area contributed by atoms with E-state index < -0.39 is 0 Å². The molecule has 110 valence electrons. The zero-order valence-corrected chi connectivity index (χ0v) is 13.9. The van der Waals surface area contributed by atoms with E-state index in [-0.39, 0.29) is 0 Å². The van der Waals surface area contributed by atoms with Crippen LogP contribution < -0.4 is 10.2 Å². The third-order valence-corrected chi connectivity index (χ3v) is 5.48. The molecule has 2 N–H and O–H groups in total. The molecule has 21 heavy (non-hydrogen) atoms. The summed E-state index contributed by atoms with van der Waals surface area (Å²) < 4.78 is 1.19. The van der Waals surface area contributed by atoms with Crippen LogP contribution in [0.5, 0.6) is 0 Å². The Kier molecular flexibility index (Phi) is 3.58. The molecular weight excluding hydrogens is 377 g/mol. The van der Waals surface area contributed by atoms with Crippen LogP contribution in [0.15, 0.2) is 24.3 Å². The molecule has 4 rings (SSSR count). The molecule has 0 saturated carbocycles. The van der Waals surface area contributed by atoms with Crippen molar-refractivity contribution < 1.29 is 0 Å². The lowest BCUT2D eigenvalue weighted by Gasteiger charge is -2.36. The quantitative estimate of drug-likeness (QED) is 0.767. The van der Waals surface area contributed by atoms with E-state index in [0.717, 1.165) is 42.9 Å². The summed E-state index contributed by atoms with van der Waals surface area (Å²) in [6, 6.07) is 8.81. The first-order chi connectivity index (χ1) is 10.3. The molecule has 0 radical (unpaired) electrons. The van der Waals surface area contributed by atoms with E-state index in [4.69, 9.17) is 4.98 Å². The summed E-state index contributed by atoms with van der Waals surface area (Å²) in [4.78, 5) is 7.13. The van der Waals surface area contributed by atoms with Crippen molar-refractivity contribution in [2.75, 3.05) is 24.5 Å². The van der Waals surface area contributed by atoms with E-state index in [2.05, 4.69) is 55.1 Å². The molecule has 2 unspecified atom stereocenters. The van der Waals surface area contributed by atoms with Gasteiger partial charge in [-0.3, -0.25) is 5.10 Å². The Labute approximate surface area is 137 Å². The lowest BCUT2D eigenvalue weighted by Crippen LogP contribution is -2.45. The lowest BCUT2D eigenvalue weighted by molar-refractivity contribution is 0.381. The van der Waals surface area contributed by atoms with Crippen molar-refractivity contribution >= 4 is 28.5 Å². The molecule has 6 heteroatoms. The highest BCUT2D eigenvalue weighted by Crippen LogP contribution is 2.30. The molecule has 1 aromatic carbocycles. The van der Waals surface area contributed by atoms with Crippen LogP contribution in [0.2, 0.25) is 0 Å². The van der Waals surface area contributed by atoms with Gasteiger partial charge in [0.05, 0.1) is 0 Å². The summed E-state index contributed by atoms with van der Waals surface area (Å²) in [5, 5.41) is 11.1. The van der Waals surface area contributed by atoms with Gasteiger partial charge in [0.25, 0.3) is 0 Å². The van der Waals surface area contributed by atoms with E-state index >= 15 is 0 Å². The summed E-state index contributed by atoms with van der Waals surface area (Å²) in [5.74, 6) is 2.46. The van der Waals surface area contributed by atoms with Crippen molar-refractivity contribution in [2.45, 2.75) is 18.9 Å². The van der Waals surface area contributed by atoms with E-state index in [0.29, 0.717) is 6.04 Å². The highest BCUT2D eigenvalue weighted by Gasteiger charge is 2.36. The summed E-state index contributed by atoms with van der Waals surface area (Å²) in [5.41, 5.74) is 1.12. The van der Waals surface area contributed by atoms with E-state index in [1.54, 1.807) is 0 Å². The number of hydrogen-bond donors (Lipinski definition) is 2. The smallest absolute Gasteiger partial charge is 0.245 e. The Morgan fingerprint density at radius 2 is 2.14 bits per heavy atom. The van der Waals surface area contributed by atoms with Crippen molar-refractivity contribution in [3.05, 3.63) is 27.8 Å². The van der Waals surface area contributed by atoms with Crippen molar-refractivity contribution in [3.8, 4) is 11.4 Å². The first-order valence-electron chi connectivity index (χ1n) is 7.47. The first-order valence-corrected chi connectivity index (χ1v) is 8.55. The maximum absolute atomic E-state index is 4.75. The van der Waals surface area contributed by atoms with Gasteiger partial charge in [-0.05, 0) is 47.4 Å². The molecule has 0 aliphatic carbocycles. The van der Waals surface area contributed by atoms with Gasteiger partial charge in [0, 0.05) is 34.8 Å². The fraction of sp³-hybridized carbons (Fsp3) is 0.467. The summed E-state index contributed by atoms with van der Waals surface area (Å²) in [7, 11) is 0. The highest BCUT2D eigenvalue weighted by atomic mass is 127. The molecule has 5 nitrogen and oxygen atoms in total. The molecule has 3 heterocycles. The number of halogens is 1. The maximum Gasteiger partial charge on any atom is 0.245 e. The predicted molar refractivity (Wildman–Crippen MR) is 91.3 cm³/mol. The largest absolute Gasteiger partial charge is 0.335 e. The molecule has 2 saturated heterocycles. The molecule has 1 aromatic heterocycles.